The van der Waals surface area contributed by atoms with Crippen LogP contribution in [0, 0.1) is 0 Å². The zero-order chi connectivity index (χ0) is 18.0. The van der Waals surface area contributed by atoms with Crippen molar-refractivity contribution in [1.82, 2.24) is 10.2 Å². The third kappa shape index (κ3) is 4.38. The van der Waals surface area contributed by atoms with Gasteiger partial charge in [-0.1, -0.05) is 6.07 Å². The minimum Gasteiger partial charge on any atom is -0.314 e. The van der Waals surface area contributed by atoms with Gasteiger partial charge in [0.25, 0.3) is 0 Å². The lowest BCUT2D eigenvalue weighted by atomic mass is 9.94. The van der Waals surface area contributed by atoms with Gasteiger partial charge in [0.15, 0.2) is 0 Å². The Morgan fingerprint density at radius 1 is 1.00 bits per heavy atom. The van der Waals surface area contributed by atoms with Crippen LogP contribution in [0.4, 0.5) is 30.7 Å². The van der Waals surface area contributed by atoms with E-state index < -0.39 is 36.2 Å². The van der Waals surface area contributed by atoms with E-state index >= 15 is 0 Å². The van der Waals surface area contributed by atoms with Gasteiger partial charge >= 0.3 is 12.4 Å². The quantitative estimate of drug-likeness (QED) is 0.818. The van der Waals surface area contributed by atoms with Crippen LogP contribution in [0.15, 0.2) is 18.2 Å². The average molecular weight is 358 g/mol. The zero-order valence-electron chi connectivity index (χ0n) is 12.6. The molecule has 0 unspecified atom stereocenters. The average Bonchev–Trinajstić information content (AvgIpc) is 2.51. The molecular weight excluding hydrogens is 341 g/mol. The summed E-state index contributed by atoms with van der Waals surface area (Å²) in [4.78, 5) is 1.67. The van der Waals surface area contributed by atoms with Crippen LogP contribution in [0.25, 0.3) is 0 Å². The number of nitrogens with zero attached hydrogens (tertiary/aromatic N) is 1. The van der Waals surface area contributed by atoms with E-state index in [9.17, 15) is 30.7 Å². The summed E-state index contributed by atoms with van der Waals surface area (Å²) in [7, 11) is 0. The van der Waals surface area contributed by atoms with Crippen LogP contribution >= 0.6 is 0 Å². The van der Waals surface area contributed by atoms with E-state index in [1.165, 1.54) is 0 Å². The summed E-state index contributed by atoms with van der Waals surface area (Å²) in [5, 5.41) is 3.03. The van der Waals surface area contributed by atoms with E-state index in [2.05, 4.69) is 5.32 Å². The summed E-state index contributed by atoms with van der Waals surface area (Å²) < 4.78 is 91.0. The van der Waals surface area contributed by atoms with Gasteiger partial charge in [0.1, 0.15) is 0 Å². The van der Waals surface area contributed by atoms with E-state index in [-0.39, 0.29) is 18.1 Å². The lowest BCUT2D eigenvalue weighted by Crippen LogP contribution is -2.45. The van der Waals surface area contributed by atoms with Crippen LogP contribution in [0.2, 0.25) is 0 Å². The van der Waals surface area contributed by atoms with Gasteiger partial charge in [-0.05, 0) is 24.1 Å². The first kappa shape index (κ1) is 19.0. The second-order valence-electron chi connectivity index (χ2n) is 5.58. The minimum absolute atomic E-state index is 0.114. The zero-order valence-corrected chi connectivity index (χ0v) is 12.6. The van der Waals surface area contributed by atoms with Crippen molar-refractivity contribution in [2.24, 2.45) is 0 Å². The lowest BCUT2D eigenvalue weighted by molar-refractivity contribution is -0.143. The lowest BCUT2D eigenvalue weighted by Gasteiger charge is -2.36. The molecule has 2 rings (SSSR count). The highest BCUT2D eigenvalue weighted by molar-refractivity contribution is 5.37. The number of alkyl halides is 7. The molecule has 0 aromatic heterocycles. The Morgan fingerprint density at radius 2 is 1.62 bits per heavy atom. The van der Waals surface area contributed by atoms with Gasteiger partial charge < -0.3 is 5.32 Å². The first-order valence-corrected chi connectivity index (χ1v) is 7.43. The maximum absolute atomic E-state index is 13.3. The Balaban J connectivity index is 2.48. The molecule has 136 valence electrons. The standard InChI is InChI=1S/C15H17F7N2/c16-4-3-13(24-7-5-23-6-8-24)11-2-1-10(14(17,18)19)9-12(11)15(20,21)22/h1-2,9,13,23H,3-8H2/t13-/m1/s1. The maximum Gasteiger partial charge on any atom is 0.416 e. The van der Waals surface area contributed by atoms with E-state index in [0.29, 0.717) is 32.2 Å². The molecule has 1 fully saturated rings. The Morgan fingerprint density at radius 3 is 2.12 bits per heavy atom. The molecule has 0 saturated carbocycles. The Kier molecular flexibility index (Phi) is 5.74. The van der Waals surface area contributed by atoms with E-state index in [4.69, 9.17) is 0 Å². The Hall–Kier alpha value is -1.35. The third-order valence-electron chi connectivity index (χ3n) is 4.02. The van der Waals surface area contributed by atoms with Crippen molar-refractivity contribution in [2.75, 3.05) is 32.9 Å². The summed E-state index contributed by atoms with van der Waals surface area (Å²) in [6.45, 7) is 1.02. The van der Waals surface area contributed by atoms with Gasteiger partial charge in [-0.25, -0.2) is 0 Å². The molecule has 1 saturated heterocycles. The number of benzene rings is 1. The van der Waals surface area contributed by atoms with Crippen LogP contribution in [-0.4, -0.2) is 37.8 Å². The van der Waals surface area contributed by atoms with Crippen molar-refractivity contribution in [3.8, 4) is 0 Å². The number of hydrogen-bond acceptors (Lipinski definition) is 2. The van der Waals surface area contributed by atoms with E-state index in [1.807, 2.05) is 0 Å². The molecule has 1 aromatic carbocycles. The number of piperazine rings is 1. The number of nitrogens with one attached hydrogen (secondary N) is 1. The maximum atomic E-state index is 13.3. The Bertz CT molecular complexity index is 548. The molecule has 1 N–H and O–H groups in total. The predicted molar refractivity (Wildman–Crippen MR) is 74.2 cm³/mol. The monoisotopic (exact) mass is 358 g/mol. The highest BCUT2D eigenvalue weighted by Crippen LogP contribution is 2.41. The van der Waals surface area contributed by atoms with Crippen molar-refractivity contribution in [2.45, 2.75) is 24.8 Å². The highest BCUT2D eigenvalue weighted by Gasteiger charge is 2.40. The minimum atomic E-state index is -4.95. The molecule has 0 aliphatic carbocycles. The smallest absolute Gasteiger partial charge is 0.314 e. The van der Waals surface area contributed by atoms with Crippen molar-refractivity contribution in [3.05, 3.63) is 34.9 Å². The molecular formula is C15H17F7N2. The third-order valence-corrected chi connectivity index (χ3v) is 4.02. The molecule has 24 heavy (non-hydrogen) atoms. The van der Waals surface area contributed by atoms with Crippen molar-refractivity contribution < 1.29 is 30.7 Å². The second kappa shape index (κ2) is 7.26. The fourth-order valence-corrected chi connectivity index (χ4v) is 2.90. The van der Waals surface area contributed by atoms with Crippen molar-refractivity contribution in [3.63, 3.8) is 0 Å². The molecule has 1 atom stereocenters. The normalized spacial score (nSPS) is 18.6. The fourth-order valence-electron chi connectivity index (χ4n) is 2.90. The van der Waals surface area contributed by atoms with Crippen LogP contribution < -0.4 is 5.32 Å². The van der Waals surface area contributed by atoms with E-state index in [1.54, 1.807) is 4.90 Å². The first-order chi connectivity index (χ1) is 11.1. The van der Waals surface area contributed by atoms with Gasteiger partial charge in [0.05, 0.1) is 17.8 Å². The number of hydrogen-bond donors (Lipinski definition) is 1. The molecule has 0 radical (unpaired) electrons. The summed E-state index contributed by atoms with van der Waals surface area (Å²) in [6, 6.07) is 0.658. The van der Waals surface area contributed by atoms with Crippen LogP contribution in [0.3, 0.4) is 0 Å². The SMILES string of the molecule is FCC[C@H](c1ccc(C(F)(F)F)cc1C(F)(F)F)N1CCNCC1. The summed E-state index contributed by atoms with van der Waals surface area (Å²) in [6.07, 6.45) is -10.0. The van der Waals surface area contributed by atoms with Crippen molar-refractivity contribution >= 4 is 0 Å². The fraction of sp³-hybridized carbons (Fsp3) is 0.600. The molecule has 0 spiro atoms. The van der Waals surface area contributed by atoms with Gasteiger partial charge in [-0.2, -0.15) is 26.3 Å². The molecule has 9 heteroatoms. The molecule has 2 nitrogen and oxygen atoms in total. The Labute approximate surface area is 134 Å². The van der Waals surface area contributed by atoms with Gasteiger partial charge in [0, 0.05) is 32.2 Å². The molecule has 1 aromatic rings. The van der Waals surface area contributed by atoms with Crippen LogP contribution in [-0.2, 0) is 12.4 Å². The molecule has 0 amide bonds. The van der Waals surface area contributed by atoms with Crippen molar-refractivity contribution in [1.29, 1.82) is 0 Å². The summed E-state index contributed by atoms with van der Waals surface area (Å²) in [5.41, 5.74) is -3.03. The van der Waals surface area contributed by atoms with Crippen LogP contribution in [0.1, 0.15) is 29.2 Å². The number of rotatable bonds is 4. The van der Waals surface area contributed by atoms with Crippen LogP contribution in [0.5, 0.6) is 0 Å². The number of halogens is 7. The topological polar surface area (TPSA) is 15.3 Å². The van der Waals surface area contributed by atoms with Gasteiger partial charge in [-0.15, -0.1) is 0 Å². The van der Waals surface area contributed by atoms with Gasteiger partial charge in [-0.3, -0.25) is 9.29 Å². The molecule has 0 bridgehead atoms. The predicted octanol–water partition coefficient (Wildman–Crippen LogP) is 4.03. The summed E-state index contributed by atoms with van der Waals surface area (Å²) >= 11 is 0. The highest BCUT2D eigenvalue weighted by atomic mass is 19.4. The largest absolute Gasteiger partial charge is 0.416 e. The summed E-state index contributed by atoms with van der Waals surface area (Å²) in [5.74, 6) is 0. The molecule has 1 heterocycles. The molecule has 1 aliphatic heterocycles. The van der Waals surface area contributed by atoms with Gasteiger partial charge in [0.2, 0.25) is 0 Å². The second-order valence-corrected chi connectivity index (χ2v) is 5.58. The van der Waals surface area contributed by atoms with E-state index in [0.717, 1.165) is 6.07 Å². The first-order valence-electron chi connectivity index (χ1n) is 7.43. The molecule has 1 aliphatic rings.